The summed E-state index contributed by atoms with van der Waals surface area (Å²) in [5, 5.41) is 20.1. The lowest BCUT2D eigenvalue weighted by Crippen LogP contribution is -2.28. The second-order valence-electron chi connectivity index (χ2n) is 7.76. The van der Waals surface area contributed by atoms with E-state index < -0.39 is 5.97 Å². The van der Waals surface area contributed by atoms with Gasteiger partial charge >= 0.3 is 5.97 Å². The Morgan fingerprint density at radius 2 is 2.06 bits per heavy atom. The zero-order valence-electron chi connectivity index (χ0n) is 18.2. The highest BCUT2D eigenvalue weighted by atomic mass is 79.9. The number of hydrogen-bond donors (Lipinski definition) is 2. The molecule has 3 aromatic rings. The zero-order valence-corrected chi connectivity index (χ0v) is 19.8. The molecule has 0 radical (unpaired) electrons. The number of nitrogens with zero attached hydrogens (tertiary/aromatic N) is 4. The summed E-state index contributed by atoms with van der Waals surface area (Å²) in [5.74, 6) is -0.716. The summed E-state index contributed by atoms with van der Waals surface area (Å²) < 4.78 is 11.7. The van der Waals surface area contributed by atoms with Gasteiger partial charge in [-0.1, -0.05) is 46.3 Å². The Morgan fingerprint density at radius 1 is 1.20 bits per heavy atom. The van der Waals surface area contributed by atoms with Gasteiger partial charge in [-0.15, -0.1) is 0 Å². The topological polar surface area (TPSA) is 118 Å². The first-order chi connectivity index (χ1) is 17.0. The number of ether oxygens (including phenoxy) is 2. The molecule has 2 aliphatic rings. The Morgan fingerprint density at radius 3 is 2.80 bits per heavy atom. The van der Waals surface area contributed by atoms with Crippen molar-refractivity contribution in [1.82, 2.24) is 15.0 Å². The summed E-state index contributed by atoms with van der Waals surface area (Å²) in [6.45, 7) is -0.0160. The molecule has 10 heteroatoms. The normalized spacial score (nSPS) is 16.8. The first-order valence-corrected chi connectivity index (χ1v) is 11.5. The molecule has 5 rings (SSSR count). The summed E-state index contributed by atoms with van der Waals surface area (Å²) in [6.07, 6.45) is 11.9. The third-order valence-corrected chi connectivity index (χ3v) is 6.19. The highest BCUT2D eigenvalue weighted by Gasteiger charge is 2.26. The summed E-state index contributed by atoms with van der Waals surface area (Å²) in [7, 11) is 0. The number of hydrogen-bond acceptors (Lipinski definition) is 8. The minimum atomic E-state index is -1.17. The monoisotopic (exact) mass is 534 g/mol. The maximum Gasteiger partial charge on any atom is 0.355 e. The van der Waals surface area contributed by atoms with E-state index in [2.05, 4.69) is 30.9 Å². The molecule has 0 bridgehead atoms. The third-order valence-electron chi connectivity index (χ3n) is 5.50. The van der Waals surface area contributed by atoms with E-state index in [1.165, 1.54) is 18.8 Å². The number of fused-ring (bicyclic) bond motifs is 1. The van der Waals surface area contributed by atoms with Crippen molar-refractivity contribution < 1.29 is 24.5 Å². The third kappa shape index (κ3) is 4.53. The first-order valence-electron chi connectivity index (χ1n) is 10.7. The van der Waals surface area contributed by atoms with Crippen molar-refractivity contribution in [2.75, 3.05) is 11.5 Å². The Kier molecular flexibility index (Phi) is 6.30. The van der Waals surface area contributed by atoms with E-state index in [9.17, 15) is 15.0 Å². The van der Waals surface area contributed by atoms with Crippen LogP contribution in [0.3, 0.4) is 0 Å². The molecule has 2 aromatic heterocycles. The summed E-state index contributed by atoms with van der Waals surface area (Å²) in [5.41, 5.74) is 2.00. The van der Waals surface area contributed by atoms with Gasteiger partial charge in [0.25, 0.3) is 0 Å². The zero-order chi connectivity index (χ0) is 24.4. The number of aliphatic hydroxyl groups is 1. The number of carboxylic acid groups (broad SMARTS) is 1. The van der Waals surface area contributed by atoms with Crippen molar-refractivity contribution in [3.63, 3.8) is 0 Å². The van der Waals surface area contributed by atoms with Gasteiger partial charge in [-0.25, -0.2) is 19.7 Å². The standard InChI is InChI=1S/C25H19BrN4O5/c26-20-7-2-1-6-18(20)19-11-16-12-27-25(29-23(16)28-22(19)24(32)33)30(21-14-34-8-9-35-21)17-5-3-4-15(10-17)13-31/h1-9,11-12,14-15,31H,10,13H2,(H,32,33). The van der Waals surface area contributed by atoms with E-state index in [0.29, 0.717) is 28.8 Å². The van der Waals surface area contributed by atoms with Crippen molar-refractivity contribution in [2.24, 2.45) is 5.92 Å². The molecule has 0 saturated heterocycles. The molecule has 0 saturated carbocycles. The van der Waals surface area contributed by atoms with Gasteiger partial charge in [0.15, 0.2) is 17.6 Å². The molecule has 1 aliphatic carbocycles. The van der Waals surface area contributed by atoms with Gasteiger partial charge in [-0.2, -0.15) is 4.98 Å². The Labute approximate surface area is 208 Å². The van der Waals surface area contributed by atoms with Crippen LogP contribution in [0.1, 0.15) is 16.9 Å². The number of halogens is 1. The van der Waals surface area contributed by atoms with Crippen LogP contribution in [0.5, 0.6) is 0 Å². The average Bonchev–Trinajstić information content (AvgIpc) is 2.89. The number of carbonyl (C=O) groups is 1. The van der Waals surface area contributed by atoms with Crippen LogP contribution in [0.15, 0.2) is 89.6 Å². The highest BCUT2D eigenvalue weighted by molar-refractivity contribution is 9.10. The molecule has 0 amide bonds. The molecule has 0 fully saturated rings. The highest BCUT2D eigenvalue weighted by Crippen LogP contribution is 2.34. The minimum absolute atomic E-state index is 0.0160. The fourth-order valence-electron chi connectivity index (χ4n) is 3.86. The van der Waals surface area contributed by atoms with Crippen molar-refractivity contribution >= 4 is 38.9 Å². The van der Waals surface area contributed by atoms with Crippen LogP contribution in [0.25, 0.3) is 22.2 Å². The van der Waals surface area contributed by atoms with Crippen LogP contribution in [-0.2, 0) is 9.47 Å². The molecule has 1 aromatic carbocycles. The van der Waals surface area contributed by atoms with Gasteiger partial charge in [-0.3, -0.25) is 0 Å². The van der Waals surface area contributed by atoms with E-state index in [0.717, 1.165) is 10.2 Å². The van der Waals surface area contributed by atoms with Crippen molar-refractivity contribution in [1.29, 1.82) is 0 Å². The number of rotatable bonds is 6. The smallest absolute Gasteiger partial charge is 0.355 e. The molecule has 2 N–H and O–H groups in total. The number of anilines is 1. The van der Waals surface area contributed by atoms with Gasteiger partial charge in [0.05, 0.1) is 0 Å². The lowest BCUT2D eigenvalue weighted by Gasteiger charge is -2.29. The summed E-state index contributed by atoms with van der Waals surface area (Å²) >= 11 is 3.48. The van der Waals surface area contributed by atoms with Gasteiger partial charge in [0.2, 0.25) is 11.8 Å². The largest absolute Gasteiger partial charge is 0.476 e. The number of aromatic nitrogens is 3. The molecule has 35 heavy (non-hydrogen) atoms. The van der Waals surface area contributed by atoms with Crippen LogP contribution in [0, 0.1) is 5.92 Å². The van der Waals surface area contributed by atoms with Crippen LogP contribution in [-0.4, -0.2) is 37.7 Å². The quantitative estimate of drug-likeness (QED) is 0.462. The molecule has 1 aliphatic heterocycles. The van der Waals surface area contributed by atoms with E-state index in [1.807, 2.05) is 42.5 Å². The van der Waals surface area contributed by atoms with Gasteiger partial charge in [-0.05, 0) is 30.2 Å². The Hall–Kier alpha value is -4.02. The molecular formula is C25H19BrN4O5. The lowest BCUT2D eigenvalue weighted by molar-refractivity contribution is 0.0691. The molecule has 0 spiro atoms. The first kappa shape index (κ1) is 22.8. The Balaban J connectivity index is 1.64. The number of aliphatic hydroxyl groups excluding tert-OH is 1. The van der Waals surface area contributed by atoms with Gasteiger partial charge in [0.1, 0.15) is 12.5 Å². The molecular weight excluding hydrogens is 516 g/mol. The predicted molar refractivity (Wildman–Crippen MR) is 132 cm³/mol. The fourth-order valence-corrected chi connectivity index (χ4v) is 4.36. The number of allylic oxidation sites excluding steroid dienone is 3. The maximum absolute atomic E-state index is 12.1. The number of benzene rings is 1. The van der Waals surface area contributed by atoms with Crippen LogP contribution in [0.2, 0.25) is 0 Å². The molecule has 176 valence electrons. The number of carboxylic acids is 1. The van der Waals surface area contributed by atoms with Crippen LogP contribution < -0.4 is 4.90 Å². The SMILES string of the molecule is O=C(O)c1nc2nc(N(C3=CC=CC(CO)C3)C3=COC=CO3)ncc2cc1-c1ccccc1Br. The van der Waals surface area contributed by atoms with E-state index >= 15 is 0 Å². The van der Waals surface area contributed by atoms with Crippen molar-refractivity contribution in [2.45, 2.75) is 6.42 Å². The molecule has 1 unspecified atom stereocenters. The maximum atomic E-state index is 12.1. The van der Waals surface area contributed by atoms with Gasteiger partial charge in [0, 0.05) is 39.8 Å². The summed E-state index contributed by atoms with van der Waals surface area (Å²) in [6, 6.07) is 9.05. The lowest BCUT2D eigenvalue weighted by atomic mass is 9.98. The molecule has 1 atom stereocenters. The fraction of sp³-hybridized carbons (Fsp3) is 0.120. The predicted octanol–water partition coefficient (Wildman–Crippen LogP) is 4.73. The van der Waals surface area contributed by atoms with Crippen molar-refractivity contribution in [3.05, 3.63) is 95.3 Å². The van der Waals surface area contributed by atoms with E-state index in [1.54, 1.807) is 17.2 Å². The van der Waals surface area contributed by atoms with Crippen molar-refractivity contribution in [3.8, 4) is 11.1 Å². The number of aromatic carboxylic acids is 1. The van der Waals surface area contributed by atoms with E-state index in [-0.39, 0.29) is 29.8 Å². The van der Waals surface area contributed by atoms with Crippen LogP contribution >= 0.6 is 15.9 Å². The number of pyridine rings is 1. The Bertz CT molecular complexity index is 1430. The summed E-state index contributed by atoms with van der Waals surface area (Å²) in [4.78, 5) is 27.2. The average molecular weight is 535 g/mol. The van der Waals surface area contributed by atoms with E-state index in [4.69, 9.17) is 9.47 Å². The molecule has 3 heterocycles. The van der Waals surface area contributed by atoms with Gasteiger partial charge < -0.3 is 19.7 Å². The minimum Gasteiger partial charge on any atom is -0.476 e. The second-order valence-corrected chi connectivity index (χ2v) is 8.61. The molecule has 9 nitrogen and oxygen atoms in total. The second kappa shape index (κ2) is 9.69. The van der Waals surface area contributed by atoms with Crippen LogP contribution in [0.4, 0.5) is 5.95 Å².